The van der Waals surface area contributed by atoms with Crippen molar-refractivity contribution in [1.29, 1.82) is 0 Å². The lowest BCUT2D eigenvalue weighted by molar-refractivity contribution is -0.121. The Balaban J connectivity index is 3.23. The summed E-state index contributed by atoms with van der Waals surface area (Å²) in [5.74, 6) is -0.128. The van der Waals surface area contributed by atoms with Gasteiger partial charge in [-0.1, -0.05) is 13.5 Å². The van der Waals surface area contributed by atoms with Crippen molar-refractivity contribution in [1.82, 2.24) is 21.3 Å². The second-order valence-corrected chi connectivity index (χ2v) is 6.61. The topological polar surface area (TPSA) is 101 Å². The molecule has 0 rings (SSSR count). The molecule has 9 heteroatoms. The minimum Gasteiger partial charge on any atom is -0.377 e. The summed E-state index contributed by atoms with van der Waals surface area (Å²) in [5.41, 5.74) is 3.56. The number of hydrogen-bond acceptors (Lipinski definition) is 6. The molecular weight excluding hydrogens is 343 g/mol. The van der Waals surface area contributed by atoms with Crippen LogP contribution in [0, 0.1) is 0 Å². The maximum Gasteiger partial charge on any atom is 0.246 e. The Hall–Kier alpha value is -1.05. The third kappa shape index (κ3) is 17.6. The molecule has 4 N–H and O–H groups in total. The van der Waals surface area contributed by atoms with Gasteiger partial charge in [0.1, 0.15) is 0 Å². The first-order valence-corrected chi connectivity index (χ1v) is 9.85. The number of hydrazine groups is 1. The van der Waals surface area contributed by atoms with Gasteiger partial charge in [0, 0.05) is 31.6 Å². The molecule has 0 aromatic carbocycles. The average molecular weight is 376 g/mol. The summed E-state index contributed by atoms with van der Waals surface area (Å²) in [5, 5.41) is 8.58. The minimum absolute atomic E-state index is 0.0350. The molecule has 25 heavy (non-hydrogen) atoms. The number of nitrogens with one attached hydrogen (secondary N) is 4. The van der Waals surface area contributed by atoms with Gasteiger partial charge in [-0.25, -0.2) is 5.20 Å². The van der Waals surface area contributed by atoms with Gasteiger partial charge in [-0.15, -0.1) is 0 Å². The molecule has 0 aromatic rings. The fourth-order valence-corrected chi connectivity index (χ4v) is 2.04. The van der Waals surface area contributed by atoms with Crippen molar-refractivity contribution in [2.45, 2.75) is 26.7 Å². The highest BCUT2D eigenvalue weighted by Gasteiger charge is 2.01. The fraction of sp³-hybridized carbons (Fsp3) is 0.750. The van der Waals surface area contributed by atoms with Gasteiger partial charge in [0.25, 0.3) is 0 Å². The molecule has 0 radical (unpaired) electrons. The molecule has 1 atom stereocenters. The lowest BCUT2D eigenvalue weighted by Crippen LogP contribution is -2.30. The van der Waals surface area contributed by atoms with E-state index in [1.165, 1.54) is 0 Å². The number of ether oxygens (including phenoxy) is 2. The van der Waals surface area contributed by atoms with E-state index < -0.39 is 0 Å². The van der Waals surface area contributed by atoms with Gasteiger partial charge in [0.05, 0.1) is 26.4 Å². The number of rotatable bonds is 17. The number of amides is 2. The van der Waals surface area contributed by atoms with E-state index >= 15 is 0 Å². The van der Waals surface area contributed by atoms with Gasteiger partial charge < -0.3 is 20.1 Å². The largest absolute Gasteiger partial charge is 0.377 e. The van der Waals surface area contributed by atoms with Crippen LogP contribution in [0.25, 0.3) is 0 Å². The summed E-state index contributed by atoms with van der Waals surface area (Å²) in [7, 11) is 0.707. The van der Waals surface area contributed by atoms with Gasteiger partial charge in [-0.2, -0.15) is 0 Å². The zero-order valence-corrected chi connectivity index (χ0v) is 16.4. The molecule has 0 saturated carbocycles. The van der Waals surface area contributed by atoms with E-state index in [0.717, 1.165) is 19.1 Å². The zero-order valence-electron chi connectivity index (χ0n) is 15.4. The molecule has 1 unspecified atom stereocenters. The Morgan fingerprint density at radius 3 is 2.24 bits per heavy atom. The van der Waals surface area contributed by atoms with Crippen molar-refractivity contribution in [3.05, 3.63) is 12.2 Å². The van der Waals surface area contributed by atoms with Crippen LogP contribution < -0.4 is 21.3 Å². The lowest BCUT2D eigenvalue weighted by Gasteiger charge is -2.08. The highest BCUT2D eigenvalue weighted by atomic mass is 31.1. The van der Waals surface area contributed by atoms with Gasteiger partial charge >= 0.3 is 0 Å². The van der Waals surface area contributed by atoms with Gasteiger partial charge in [0.15, 0.2) is 0 Å². The Labute approximate surface area is 152 Å². The lowest BCUT2D eigenvalue weighted by atomic mass is 10.3. The summed E-state index contributed by atoms with van der Waals surface area (Å²) in [6, 6.07) is 0. The first-order chi connectivity index (χ1) is 12.1. The van der Waals surface area contributed by atoms with Crippen molar-refractivity contribution in [3.63, 3.8) is 0 Å². The van der Waals surface area contributed by atoms with Gasteiger partial charge in [-0.05, 0) is 28.2 Å². The van der Waals surface area contributed by atoms with E-state index in [-0.39, 0.29) is 11.8 Å². The summed E-state index contributed by atoms with van der Waals surface area (Å²) in [6.07, 6.45) is 2.40. The van der Waals surface area contributed by atoms with Crippen LogP contribution in [-0.2, 0) is 19.1 Å². The normalized spacial score (nSPS) is 11.0. The third-order valence-corrected chi connectivity index (χ3v) is 3.63. The van der Waals surface area contributed by atoms with Gasteiger partial charge in [-0.3, -0.25) is 15.0 Å². The first-order valence-electron chi connectivity index (χ1n) is 8.64. The molecule has 0 bridgehead atoms. The van der Waals surface area contributed by atoms with Crippen molar-refractivity contribution in [2.24, 2.45) is 0 Å². The monoisotopic (exact) mass is 376 g/mol. The van der Waals surface area contributed by atoms with Crippen LogP contribution in [-0.4, -0.2) is 64.0 Å². The Kier molecular flexibility index (Phi) is 17.0. The predicted octanol–water partition coefficient (Wildman–Crippen LogP) is 0.316. The summed E-state index contributed by atoms with van der Waals surface area (Å²) in [6.45, 7) is 10.8. The van der Waals surface area contributed by atoms with Crippen LogP contribution >= 0.6 is 8.73 Å². The molecule has 0 aliphatic rings. The molecule has 146 valence electrons. The second-order valence-electron chi connectivity index (χ2n) is 5.30. The smallest absolute Gasteiger partial charge is 0.246 e. The maximum absolute atomic E-state index is 11.6. The SMILES string of the molecule is C=C(C)C(=O)NCCOCCOCCNC(=O)CCCNNPCC. The summed E-state index contributed by atoms with van der Waals surface area (Å²) < 4.78 is 10.7. The van der Waals surface area contributed by atoms with Crippen LogP contribution in [0.2, 0.25) is 0 Å². The number of carbonyl (C=O) groups is 2. The van der Waals surface area contributed by atoms with Crippen LogP contribution in [0.3, 0.4) is 0 Å². The van der Waals surface area contributed by atoms with Crippen molar-refractivity contribution < 1.29 is 19.1 Å². The van der Waals surface area contributed by atoms with Crippen LogP contribution in [0.4, 0.5) is 0 Å². The molecule has 0 heterocycles. The van der Waals surface area contributed by atoms with E-state index in [0.29, 0.717) is 60.2 Å². The van der Waals surface area contributed by atoms with E-state index in [9.17, 15) is 9.59 Å². The molecule has 0 aromatic heterocycles. The quantitative estimate of drug-likeness (QED) is 0.126. The van der Waals surface area contributed by atoms with Crippen LogP contribution in [0.1, 0.15) is 26.7 Å². The predicted molar refractivity (Wildman–Crippen MR) is 102 cm³/mol. The molecule has 2 amide bonds. The molecule has 0 fully saturated rings. The molecular formula is C16H33N4O4P. The molecule has 0 aliphatic carbocycles. The molecule has 8 nitrogen and oxygen atoms in total. The number of carbonyl (C=O) groups excluding carboxylic acids is 2. The fourth-order valence-electron chi connectivity index (χ4n) is 1.61. The molecule has 0 aliphatic heterocycles. The van der Waals surface area contributed by atoms with Crippen LogP contribution in [0.15, 0.2) is 12.2 Å². The van der Waals surface area contributed by atoms with Crippen molar-refractivity contribution in [3.8, 4) is 0 Å². The molecule has 0 saturated heterocycles. The standard InChI is InChI=1S/C16H33N4O4P/c1-4-25-20-19-7-5-6-15(21)17-8-10-23-12-13-24-11-9-18-16(22)14(2)3/h19-20,25H,2,4-13H2,1,3H3,(H,17,21)(H,18,22). The minimum atomic E-state index is -0.163. The Morgan fingerprint density at radius 1 is 1.00 bits per heavy atom. The van der Waals surface area contributed by atoms with Crippen LogP contribution in [0.5, 0.6) is 0 Å². The Bertz CT molecular complexity index is 383. The summed E-state index contributed by atoms with van der Waals surface area (Å²) in [4.78, 5) is 22.8. The van der Waals surface area contributed by atoms with E-state index in [4.69, 9.17) is 9.47 Å². The van der Waals surface area contributed by atoms with E-state index in [1.807, 2.05) is 0 Å². The first kappa shape index (κ1) is 23.9. The maximum atomic E-state index is 11.6. The zero-order chi connectivity index (χ0) is 18.8. The van der Waals surface area contributed by atoms with E-state index in [2.05, 4.69) is 34.8 Å². The van der Waals surface area contributed by atoms with Gasteiger partial charge in [0.2, 0.25) is 11.8 Å². The van der Waals surface area contributed by atoms with Crippen molar-refractivity contribution in [2.75, 3.05) is 52.2 Å². The third-order valence-electron chi connectivity index (χ3n) is 2.92. The average Bonchev–Trinajstić information content (AvgIpc) is 2.59. The summed E-state index contributed by atoms with van der Waals surface area (Å²) >= 11 is 0. The Morgan fingerprint density at radius 2 is 1.64 bits per heavy atom. The van der Waals surface area contributed by atoms with E-state index in [1.54, 1.807) is 6.92 Å². The second kappa shape index (κ2) is 17.8. The molecule has 0 spiro atoms. The van der Waals surface area contributed by atoms with Crippen molar-refractivity contribution >= 4 is 20.5 Å². The number of hydrogen-bond donors (Lipinski definition) is 4. The highest BCUT2D eigenvalue weighted by molar-refractivity contribution is 7.35. The highest BCUT2D eigenvalue weighted by Crippen LogP contribution is 1.96.